The Morgan fingerprint density at radius 2 is 2.22 bits per heavy atom. The molecule has 0 saturated heterocycles. The van der Waals surface area contributed by atoms with Gasteiger partial charge in [0.25, 0.3) is 0 Å². The molecule has 0 amide bonds. The minimum absolute atomic E-state index is 0.580. The summed E-state index contributed by atoms with van der Waals surface area (Å²) in [5, 5.41) is 0. The van der Waals surface area contributed by atoms with E-state index in [0.717, 1.165) is 24.6 Å². The zero-order valence-electron chi connectivity index (χ0n) is 11.1. The first-order valence-electron chi connectivity index (χ1n) is 6.41. The van der Waals surface area contributed by atoms with Crippen molar-refractivity contribution in [1.82, 2.24) is 24.4 Å². The van der Waals surface area contributed by atoms with E-state index < -0.39 is 0 Å². The highest BCUT2D eigenvalue weighted by atomic mass is 15.2. The molecule has 0 spiro atoms. The molecule has 96 valence electrons. The van der Waals surface area contributed by atoms with Crippen LogP contribution in [0.1, 0.15) is 19.5 Å². The van der Waals surface area contributed by atoms with Gasteiger partial charge in [-0.25, -0.2) is 9.97 Å². The number of hydrogen-bond donors (Lipinski definition) is 1. The van der Waals surface area contributed by atoms with Crippen molar-refractivity contribution in [1.29, 1.82) is 0 Å². The standard InChI is InChI=1S/C13H19N5/c1-9(2)10-7-18-8-16-12(11(18)6-17(10)3)13-14-4-5-15-13/h4-5,8-10H,6-7H2,1-3H3,(H,14,15). The fraction of sp³-hybridized carbons (Fsp3) is 0.538. The number of H-pyrrole nitrogens is 1. The Morgan fingerprint density at radius 3 is 2.89 bits per heavy atom. The van der Waals surface area contributed by atoms with Crippen LogP contribution in [-0.2, 0) is 13.1 Å². The molecule has 0 aromatic carbocycles. The maximum atomic E-state index is 4.51. The number of aromatic nitrogens is 4. The van der Waals surface area contributed by atoms with Gasteiger partial charge in [-0.05, 0) is 13.0 Å². The van der Waals surface area contributed by atoms with Gasteiger partial charge in [0.05, 0.1) is 12.0 Å². The molecule has 1 N–H and O–H groups in total. The third kappa shape index (κ3) is 1.75. The highest BCUT2D eigenvalue weighted by Gasteiger charge is 2.28. The van der Waals surface area contributed by atoms with Crippen LogP contribution in [0.3, 0.4) is 0 Å². The molecule has 0 radical (unpaired) electrons. The molecule has 1 aliphatic rings. The van der Waals surface area contributed by atoms with Crippen LogP contribution < -0.4 is 0 Å². The summed E-state index contributed by atoms with van der Waals surface area (Å²) < 4.78 is 2.27. The van der Waals surface area contributed by atoms with Crippen molar-refractivity contribution in [2.24, 2.45) is 5.92 Å². The van der Waals surface area contributed by atoms with Crippen LogP contribution in [0.2, 0.25) is 0 Å². The van der Waals surface area contributed by atoms with E-state index in [4.69, 9.17) is 0 Å². The largest absolute Gasteiger partial charge is 0.343 e. The topological polar surface area (TPSA) is 49.7 Å². The Bertz CT molecular complexity index is 526. The molecule has 1 aliphatic heterocycles. The van der Waals surface area contributed by atoms with Crippen molar-refractivity contribution in [3.63, 3.8) is 0 Å². The number of imidazole rings is 2. The van der Waals surface area contributed by atoms with Gasteiger partial charge < -0.3 is 9.55 Å². The van der Waals surface area contributed by atoms with E-state index in [1.54, 1.807) is 6.20 Å². The summed E-state index contributed by atoms with van der Waals surface area (Å²) in [6.07, 6.45) is 5.55. The number of nitrogens with zero attached hydrogens (tertiary/aromatic N) is 4. The van der Waals surface area contributed by atoms with Crippen LogP contribution in [-0.4, -0.2) is 37.5 Å². The van der Waals surface area contributed by atoms with Crippen molar-refractivity contribution in [2.45, 2.75) is 33.0 Å². The fourth-order valence-corrected chi connectivity index (χ4v) is 2.74. The van der Waals surface area contributed by atoms with Gasteiger partial charge in [-0.1, -0.05) is 13.8 Å². The summed E-state index contributed by atoms with van der Waals surface area (Å²) in [5.74, 6) is 1.51. The molecule has 0 aliphatic carbocycles. The zero-order chi connectivity index (χ0) is 12.7. The number of likely N-dealkylation sites (N-methyl/N-ethyl adjacent to an activating group) is 1. The van der Waals surface area contributed by atoms with E-state index in [0.29, 0.717) is 12.0 Å². The lowest BCUT2D eigenvalue weighted by Crippen LogP contribution is -2.43. The van der Waals surface area contributed by atoms with Crippen LogP contribution in [0.25, 0.3) is 11.5 Å². The second-order valence-electron chi connectivity index (χ2n) is 5.36. The highest BCUT2D eigenvalue weighted by molar-refractivity contribution is 5.53. The first-order chi connectivity index (χ1) is 8.66. The summed E-state index contributed by atoms with van der Waals surface area (Å²) in [6, 6.07) is 0.580. The molecule has 1 atom stereocenters. The number of rotatable bonds is 2. The molecule has 0 fully saturated rings. The molecule has 0 bridgehead atoms. The average molecular weight is 245 g/mol. The maximum absolute atomic E-state index is 4.51. The van der Waals surface area contributed by atoms with Gasteiger partial charge in [0.15, 0.2) is 5.82 Å². The van der Waals surface area contributed by atoms with E-state index in [9.17, 15) is 0 Å². The fourth-order valence-electron chi connectivity index (χ4n) is 2.74. The third-order valence-corrected chi connectivity index (χ3v) is 3.79. The molecule has 2 aromatic heterocycles. The quantitative estimate of drug-likeness (QED) is 0.877. The van der Waals surface area contributed by atoms with E-state index in [1.807, 2.05) is 12.5 Å². The normalized spacial score (nSPS) is 20.3. The Kier molecular flexibility index (Phi) is 2.70. The second-order valence-corrected chi connectivity index (χ2v) is 5.36. The lowest BCUT2D eigenvalue weighted by molar-refractivity contribution is 0.135. The lowest BCUT2D eigenvalue weighted by atomic mass is 10.0. The van der Waals surface area contributed by atoms with Crippen molar-refractivity contribution in [3.05, 3.63) is 24.4 Å². The molecule has 5 nitrogen and oxygen atoms in total. The summed E-state index contributed by atoms with van der Waals surface area (Å²) in [7, 11) is 2.19. The van der Waals surface area contributed by atoms with Crippen LogP contribution in [0, 0.1) is 5.92 Å². The van der Waals surface area contributed by atoms with Crippen LogP contribution >= 0.6 is 0 Å². The Morgan fingerprint density at radius 1 is 1.39 bits per heavy atom. The van der Waals surface area contributed by atoms with Gasteiger partial charge in [0.2, 0.25) is 0 Å². The first kappa shape index (κ1) is 11.5. The van der Waals surface area contributed by atoms with Crippen molar-refractivity contribution in [3.8, 4) is 11.5 Å². The Balaban J connectivity index is 1.97. The number of aromatic amines is 1. The highest BCUT2D eigenvalue weighted by Crippen LogP contribution is 2.27. The Hall–Kier alpha value is -1.62. The van der Waals surface area contributed by atoms with Crippen LogP contribution in [0.15, 0.2) is 18.7 Å². The molecule has 3 rings (SSSR count). The number of nitrogens with one attached hydrogen (secondary N) is 1. The number of fused-ring (bicyclic) bond motifs is 1. The van der Waals surface area contributed by atoms with Crippen molar-refractivity contribution in [2.75, 3.05) is 7.05 Å². The molecular weight excluding hydrogens is 226 g/mol. The van der Waals surface area contributed by atoms with Crippen LogP contribution in [0.5, 0.6) is 0 Å². The van der Waals surface area contributed by atoms with Gasteiger partial charge in [0, 0.05) is 31.5 Å². The minimum Gasteiger partial charge on any atom is -0.343 e. The molecule has 18 heavy (non-hydrogen) atoms. The van der Waals surface area contributed by atoms with Gasteiger partial charge in [0.1, 0.15) is 5.69 Å². The minimum atomic E-state index is 0.580. The molecule has 5 heteroatoms. The van der Waals surface area contributed by atoms with Crippen molar-refractivity contribution >= 4 is 0 Å². The predicted octanol–water partition coefficient (Wildman–Crippen LogP) is 1.74. The van der Waals surface area contributed by atoms with Crippen LogP contribution in [0.4, 0.5) is 0 Å². The smallest absolute Gasteiger partial charge is 0.157 e. The van der Waals surface area contributed by atoms with Gasteiger partial charge in [-0.2, -0.15) is 0 Å². The summed E-state index contributed by atoms with van der Waals surface area (Å²) >= 11 is 0. The maximum Gasteiger partial charge on any atom is 0.157 e. The molecule has 2 aromatic rings. The third-order valence-electron chi connectivity index (χ3n) is 3.79. The molecule has 3 heterocycles. The summed E-state index contributed by atoms with van der Waals surface area (Å²) in [5.41, 5.74) is 2.23. The average Bonchev–Trinajstić information content (AvgIpc) is 2.94. The van der Waals surface area contributed by atoms with Gasteiger partial charge >= 0.3 is 0 Å². The zero-order valence-corrected chi connectivity index (χ0v) is 11.1. The SMILES string of the molecule is CC(C)C1Cn2cnc(-c3ncc[nH]3)c2CN1C. The Labute approximate surface area is 107 Å². The lowest BCUT2D eigenvalue weighted by Gasteiger charge is -2.36. The number of hydrogen-bond acceptors (Lipinski definition) is 3. The summed E-state index contributed by atoms with van der Waals surface area (Å²) in [4.78, 5) is 14.4. The predicted molar refractivity (Wildman–Crippen MR) is 69.9 cm³/mol. The molecular formula is C13H19N5. The van der Waals surface area contributed by atoms with E-state index >= 15 is 0 Å². The summed E-state index contributed by atoms with van der Waals surface area (Å²) in [6.45, 7) is 6.49. The van der Waals surface area contributed by atoms with E-state index in [1.165, 1.54) is 5.69 Å². The van der Waals surface area contributed by atoms with Gasteiger partial charge in [-0.3, -0.25) is 4.90 Å². The monoisotopic (exact) mass is 245 g/mol. The molecule has 1 unspecified atom stereocenters. The van der Waals surface area contributed by atoms with E-state index in [2.05, 4.69) is 45.3 Å². The second kappa shape index (κ2) is 4.24. The first-order valence-corrected chi connectivity index (χ1v) is 6.41. The van der Waals surface area contributed by atoms with E-state index in [-0.39, 0.29) is 0 Å². The molecule has 0 saturated carbocycles. The van der Waals surface area contributed by atoms with Gasteiger partial charge in [-0.15, -0.1) is 0 Å². The van der Waals surface area contributed by atoms with Crippen molar-refractivity contribution < 1.29 is 0 Å².